The zero-order chi connectivity index (χ0) is 14.0. The van der Waals surface area contributed by atoms with E-state index in [0.717, 1.165) is 6.07 Å². The fraction of sp³-hybridized carbons (Fsp3) is 0.154. The summed E-state index contributed by atoms with van der Waals surface area (Å²) in [4.78, 5) is 11.9. The molecule has 100 valence electrons. The van der Waals surface area contributed by atoms with Crippen molar-refractivity contribution in [3.8, 4) is 5.75 Å². The van der Waals surface area contributed by atoms with Gasteiger partial charge in [0.2, 0.25) is 5.78 Å². The van der Waals surface area contributed by atoms with E-state index in [4.69, 9.17) is 16.3 Å². The largest absolute Gasteiger partial charge is 0.484 e. The molecule has 0 aliphatic rings. The number of Topliss-reactive ketones (excluding diaryl/α,β-unsaturated/α-hetero) is 1. The van der Waals surface area contributed by atoms with Gasteiger partial charge in [-0.1, -0.05) is 11.6 Å². The number of benzene rings is 1. The fourth-order valence-electron chi connectivity index (χ4n) is 1.58. The molecular formula is C13H10BrClFNO2. The highest BCUT2D eigenvalue weighted by atomic mass is 79.9. The molecule has 0 atom stereocenters. The van der Waals surface area contributed by atoms with E-state index in [9.17, 15) is 9.18 Å². The van der Waals surface area contributed by atoms with Gasteiger partial charge in [0.15, 0.2) is 6.61 Å². The Hall–Kier alpha value is -1.33. The first kappa shape index (κ1) is 14.1. The van der Waals surface area contributed by atoms with Crippen LogP contribution in [-0.4, -0.2) is 17.0 Å². The van der Waals surface area contributed by atoms with Crippen molar-refractivity contribution in [2.45, 2.75) is 0 Å². The van der Waals surface area contributed by atoms with Crippen molar-refractivity contribution in [1.82, 2.24) is 4.57 Å². The zero-order valence-corrected chi connectivity index (χ0v) is 12.3. The maximum atomic E-state index is 13.3. The minimum Gasteiger partial charge on any atom is -0.484 e. The lowest BCUT2D eigenvalue weighted by Crippen LogP contribution is -2.15. The fourth-order valence-corrected chi connectivity index (χ4v) is 2.34. The quantitative estimate of drug-likeness (QED) is 0.622. The van der Waals surface area contributed by atoms with Crippen LogP contribution in [-0.2, 0) is 7.05 Å². The Morgan fingerprint density at radius 3 is 2.89 bits per heavy atom. The maximum absolute atomic E-state index is 13.3. The highest BCUT2D eigenvalue weighted by Gasteiger charge is 2.12. The summed E-state index contributed by atoms with van der Waals surface area (Å²) in [5.41, 5.74) is 0.533. The van der Waals surface area contributed by atoms with Crippen LogP contribution < -0.4 is 4.74 Å². The number of ketones is 1. The lowest BCUT2D eigenvalue weighted by atomic mass is 10.3. The summed E-state index contributed by atoms with van der Waals surface area (Å²) >= 11 is 8.82. The number of carbonyl (C=O) groups excluding carboxylic acids is 1. The highest BCUT2D eigenvalue weighted by Crippen LogP contribution is 2.30. The molecule has 0 N–H and O–H groups in total. The van der Waals surface area contributed by atoms with Crippen LogP contribution >= 0.6 is 27.5 Å². The van der Waals surface area contributed by atoms with E-state index >= 15 is 0 Å². The molecule has 6 heteroatoms. The summed E-state index contributed by atoms with van der Waals surface area (Å²) in [6.07, 6.45) is 1.77. The van der Waals surface area contributed by atoms with Crippen molar-refractivity contribution in [3.63, 3.8) is 0 Å². The smallest absolute Gasteiger partial charge is 0.216 e. The van der Waals surface area contributed by atoms with Gasteiger partial charge in [0.25, 0.3) is 0 Å². The predicted octanol–water partition coefficient (Wildman–Crippen LogP) is 3.84. The molecule has 2 aromatic rings. The van der Waals surface area contributed by atoms with E-state index in [1.54, 1.807) is 29.9 Å². The van der Waals surface area contributed by atoms with Crippen LogP contribution in [0.3, 0.4) is 0 Å². The Bertz CT molecular complexity index is 627. The molecular weight excluding hydrogens is 337 g/mol. The zero-order valence-electron chi connectivity index (χ0n) is 9.99. The van der Waals surface area contributed by atoms with Crippen LogP contribution in [0, 0.1) is 5.82 Å². The van der Waals surface area contributed by atoms with Gasteiger partial charge in [-0.3, -0.25) is 4.79 Å². The topological polar surface area (TPSA) is 31.2 Å². The van der Waals surface area contributed by atoms with Crippen LogP contribution in [0.15, 0.2) is 34.9 Å². The van der Waals surface area contributed by atoms with Crippen LogP contribution in [0.2, 0.25) is 5.02 Å². The number of nitrogens with zero attached hydrogens (tertiary/aromatic N) is 1. The van der Waals surface area contributed by atoms with Crippen molar-refractivity contribution >= 4 is 33.3 Å². The Morgan fingerprint density at radius 1 is 1.53 bits per heavy atom. The van der Waals surface area contributed by atoms with E-state index in [2.05, 4.69) is 15.9 Å². The summed E-state index contributed by atoms with van der Waals surface area (Å²) in [5.74, 6) is -0.537. The first-order chi connectivity index (χ1) is 8.99. The number of halogens is 3. The van der Waals surface area contributed by atoms with E-state index in [-0.39, 0.29) is 23.2 Å². The molecule has 19 heavy (non-hydrogen) atoms. The third-order valence-electron chi connectivity index (χ3n) is 2.56. The Kier molecular flexibility index (Phi) is 4.27. The number of hydrogen-bond donors (Lipinski definition) is 0. The number of ether oxygens (including phenoxy) is 1. The molecule has 0 amide bonds. The summed E-state index contributed by atoms with van der Waals surface area (Å²) < 4.78 is 20.8. The van der Waals surface area contributed by atoms with Gasteiger partial charge in [0.1, 0.15) is 11.6 Å². The van der Waals surface area contributed by atoms with Gasteiger partial charge in [-0.05, 0) is 34.1 Å². The van der Waals surface area contributed by atoms with Crippen LogP contribution in [0.1, 0.15) is 10.5 Å². The van der Waals surface area contributed by atoms with Crippen LogP contribution in [0.5, 0.6) is 5.75 Å². The van der Waals surface area contributed by atoms with E-state index < -0.39 is 5.82 Å². The number of rotatable bonds is 4. The van der Waals surface area contributed by atoms with Gasteiger partial charge in [0.05, 0.1) is 15.2 Å². The summed E-state index contributed by atoms with van der Waals surface area (Å²) in [6.45, 7) is -0.169. The Balaban J connectivity index is 2.09. The average molecular weight is 347 g/mol. The van der Waals surface area contributed by atoms with Crippen molar-refractivity contribution in [1.29, 1.82) is 0 Å². The SMILES string of the molecule is Cn1cccc1C(=O)COc1cc(F)c(Cl)cc1Br. The first-order valence-corrected chi connectivity index (χ1v) is 6.58. The van der Waals surface area contributed by atoms with Crippen LogP contribution in [0.4, 0.5) is 4.39 Å². The molecule has 0 unspecified atom stereocenters. The lowest BCUT2D eigenvalue weighted by molar-refractivity contribution is 0.0912. The normalized spacial score (nSPS) is 10.5. The number of hydrogen-bond acceptors (Lipinski definition) is 2. The molecule has 2 rings (SSSR count). The molecule has 0 aliphatic heterocycles. The molecule has 0 radical (unpaired) electrons. The minimum atomic E-state index is -0.591. The van der Waals surface area contributed by atoms with Gasteiger partial charge < -0.3 is 9.30 Å². The lowest BCUT2D eigenvalue weighted by Gasteiger charge is -2.09. The van der Waals surface area contributed by atoms with Gasteiger partial charge >= 0.3 is 0 Å². The van der Waals surface area contributed by atoms with Gasteiger partial charge in [0, 0.05) is 19.3 Å². The second kappa shape index (κ2) is 5.75. The van der Waals surface area contributed by atoms with Crippen molar-refractivity contribution in [2.75, 3.05) is 6.61 Å². The molecule has 0 saturated carbocycles. The second-order valence-corrected chi connectivity index (χ2v) is 5.17. The molecule has 0 bridgehead atoms. The standard InChI is InChI=1S/C13H10BrClFNO2/c1-17-4-2-3-11(17)12(18)7-19-13-6-10(16)9(15)5-8(13)14/h2-6H,7H2,1H3. The first-order valence-electron chi connectivity index (χ1n) is 5.41. The molecule has 0 fully saturated rings. The van der Waals surface area contributed by atoms with E-state index in [1.807, 2.05) is 0 Å². The highest BCUT2D eigenvalue weighted by molar-refractivity contribution is 9.10. The average Bonchev–Trinajstić information content (AvgIpc) is 2.78. The van der Waals surface area contributed by atoms with Crippen molar-refractivity contribution < 1.29 is 13.9 Å². The van der Waals surface area contributed by atoms with Crippen molar-refractivity contribution in [2.24, 2.45) is 7.05 Å². The molecule has 1 aromatic heterocycles. The van der Waals surface area contributed by atoms with Crippen LogP contribution in [0.25, 0.3) is 0 Å². The van der Waals surface area contributed by atoms with Gasteiger partial charge in [-0.15, -0.1) is 0 Å². The molecule has 0 spiro atoms. The number of aromatic nitrogens is 1. The Morgan fingerprint density at radius 2 is 2.26 bits per heavy atom. The second-order valence-electron chi connectivity index (χ2n) is 3.91. The molecule has 1 heterocycles. The third-order valence-corrected chi connectivity index (χ3v) is 3.47. The summed E-state index contributed by atoms with van der Waals surface area (Å²) in [7, 11) is 1.77. The Labute approximate surface area is 123 Å². The number of aryl methyl sites for hydroxylation is 1. The monoisotopic (exact) mass is 345 g/mol. The third kappa shape index (κ3) is 3.16. The van der Waals surface area contributed by atoms with Crippen molar-refractivity contribution in [3.05, 3.63) is 51.5 Å². The van der Waals surface area contributed by atoms with E-state index in [0.29, 0.717) is 10.2 Å². The molecule has 0 saturated heterocycles. The summed E-state index contributed by atoms with van der Waals surface area (Å²) in [5, 5.41) is -0.00649. The maximum Gasteiger partial charge on any atom is 0.216 e. The molecule has 1 aromatic carbocycles. The van der Waals surface area contributed by atoms with Gasteiger partial charge in [-0.2, -0.15) is 0 Å². The summed E-state index contributed by atoms with van der Waals surface area (Å²) in [6, 6.07) is 6.00. The molecule has 3 nitrogen and oxygen atoms in total. The minimum absolute atomic E-state index is 0.00649. The molecule has 0 aliphatic carbocycles. The predicted molar refractivity (Wildman–Crippen MR) is 74.3 cm³/mol. The number of carbonyl (C=O) groups is 1. The van der Waals surface area contributed by atoms with Gasteiger partial charge in [-0.25, -0.2) is 4.39 Å². The van der Waals surface area contributed by atoms with E-state index in [1.165, 1.54) is 6.07 Å².